The highest BCUT2D eigenvalue weighted by Crippen LogP contribution is 2.38. The van der Waals surface area contributed by atoms with Gasteiger partial charge in [-0.1, -0.05) is 19.3 Å². The monoisotopic (exact) mass is 292 g/mol. The topological polar surface area (TPSA) is 68.3 Å². The van der Waals surface area contributed by atoms with Crippen LogP contribution in [0.2, 0.25) is 0 Å². The summed E-state index contributed by atoms with van der Waals surface area (Å²) in [6, 6.07) is 1.98. The molecular formula is C17H28N2O2. The molecule has 0 aromatic carbocycles. The number of amides is 1. The third kappa shape index (κ3) is 3.88. The molecule has 4 nitrogen and oxygen atoms in total. The first kappa shape index (κ1) is 16.1. The summed E-state index contributed by atoms with van der Waals surface area (Å²) >= 11 is 0. The number of furan rings is 1. The van der Waals surface area contributed by atoms with Gasteiger partial charge in [-0.15, -0.1) is 0 Å². The largest absolute Gasteiger partial charge is 0.466 e. The van der Waals surface area contributed by atoms with Crippen molar-refractivity contribution >= 4 is 5.91 Å². The summed E-state index contributed by atoms with van der Waals surface area (Å²) in [5.74, 6) is 1.87. The van der Waals surface area contributed by atoms with Crippen LogP contribution in [-0.2, 0) is 4.79 Å². The van der Waals surface area contributed by atoms with Gasteiger partial charge in [0.1, 0.15) is 11.5 Å². The molecule has 1 unspecified atom stereocenters. The van der Waals surface area contributed by atoms with E-state index in [1.54, 1.807) is 0 Å². The second kappa shape index (κ2) is 6.65. The van der Waals surface area contributed by atoms with Crippen molar-refractivity contribution in [3.8, 4) is 0 Å². The third-order valence-electron chi connectivity index (χ3n) is 4.81. The maximum Gasteiger partial charge on any atom is 0.221 e. The van der Waals surface area contributed by atoms with E-state index in [0.29, 0.717) is 13.0 Å². The standard InChI is InChI=1S/C17H28N2O2/c1-12-9-15(14(3)21-12)13(2)19-16(20)10-17(11-18)7-5-4-6-8-17/h9,13H,4-8,10-11,18H2,1-3H3,(H,19,20). The first-order chi connectivity index (χ1) is 9.96. The van der Waals surface area contributed by atoms with Crippen LogP contribution in [0.5, 0.6) is 0 Å². The zero-order valence-electron chi connectivity index (χ0n) is 13.5. The maximum atomic E-state index is 12.4. The Kier molecular flexibility index (Phi) is 5.09. The summed E-state index contributed by atoms with van der Waals surface area (Å²) < 4.78 is 5.54. The van der Waals surface area contributed by atoms with Crippen LogP contribution in [0.1, 0.15) is 68.6 Å². The van der Waals surface area contributed by atoms with E-state index in [0.717, 1.165) is 29.9 Å². The van der Waals surface area contributed by atoms with Crippen LogP contribution in [0.3, 0.4) is 0 Å². The molecule has 1 saturated carbocycles. The van der Waals surface area contributed by atoms with Crippen molar-refractivity contribution in [1.29, 1.82) is 0 Å². The van der Waals surface area contributed by atoms with Gasteiger partial charge >= 0.3 is 0 Å². The molecule has 0 aliphatic heterocycles. The quantitative estimate of drug-likeness (QED) is 0.874. The fraction of sp³-hybridized carbons (Fsp3) is 0.706. The Hall–Kier alpha value is -1.29. The Bertz CT molecular complexity index is 487. The molecule has 4 heteroatoms. The molecule has 0 saturated heterocycles. The molecule has 1 aliphatic carbocycles. The predicted octanol–water partition coefficient (Wildman–Crippen LogP) is 3.37. The van der Waals surface area contributed by atoms with Crippen LogP contribution in [0, 0.1) is 19.3 Å². The average molecular weight is 292 g/mol. The van der Waals surface area contributed by atoms with Crippen LogP contribution in [0.4, 0.5) is 0 Å². The van der Waals surface area contributed by atoms with Gasteiger partial charge in [0.05, 0.1) is 6.04 Å². The molecular weight excluding hydrogens is 264 g/mol. The number of aryl methyl sites for hydroxylation is 2. The summed E-state index contributed by atoms with van der Waals surface area (Å²) in [6.07, 6.45) is 6.36. The molecule has 1 atom stereocenters. The van der Waals surface area contributed by atoms with E-state index in [2.05, 4.69) is 5.32 Å². The lowest BCUT2D eigenvalue weighted by Gasteiger charge is -2.36. The Morgan fingerprint density at radius 3 is 2.57 bits per heavy atom. The predicted molar refractivity (Wildman–Crippen MR) is 83.9 cm³/mol. The van der Waals surface area contributed by atoms with Gasteiger partial charge < -0.3 is 15.5 Å². The molecule has 2 rings (SSSR count). The summed E-state index contributed by atoms with van der Waals surface area (Å²) in [5, 5.41) is 3.10. The number of nitrogens with two attached hydrogens (primary N) is 1. The van der Waals surface area contributed by atoms with E-state index in [1.165, 1.54) is 19.3 Å². The van der Waals surface area contributed by atoms with Crippen molar-refractivity contribution in [2.24, 2.45) is 11.1 Å². The van der Waals surface area contributed by atoms with Crippen LogP contribution in [0.25, 0.3) is 0 Å². The van der Waals surface area contributed by atoms with Gasteiger partial charge in [-0.05, 0) is 51.6 Å². The van der Waals surface area contributed by atoms with Gasteiger partial charge in [-0.3, -0.25) is 4.79 Å². The first-order valence-electron chi connectivity index (χ1n) is 8.02. The van der Waals surface area contributed by atoms with Crippen molar-refractivity contribution in [1.82, 2.24) is 5.32 Å². The van der Waals surface area contributed by atoms with E-state index in [1.807, 2.05) is 26.8 Å². The molecule has 118 valence electrons. The summed E-state index contributed by atoms with van der Waals surface area (Å²) in [4.78, 5) is 12.4. The fourth-order valence-electron chi connectivity index (χ4n) is 3.55. The SMILES string of the molecule is Cc1cc(C(C)NC(=O)CC2(CN)CCCCC2)c(C)o1. The third-order valence-corrected chi connectivity index (χ3v) is 4.81. The van der Waals surface area contributed by atoms with Crippen molar-refractivity contribution in [2.75, 3.05) is 6.54 Å². The second-order valence-corrected chi connectivity index (χ2v) is 6.60. The number of carbonyl (C=O) groups excluding carboxylic acids is 1. The van der Waals surface area contributed by atoms with Crippen molar-refractivity contribution in [3.05, 3.63) is 23.2 Å². The lowest BCUT2D eigenvalue weighted by atomic mass is 9.71. The van der Waals surface area contributed by atoms with Gasteiger partial charge in [0, 0.05) is 12.0 Å². The number of rotatable bonds is 5. The Balaban J connectivity index is 1.96. The average Bonchev–Trinajstić information content (AvgIpc) is 2.78. The molecule has 1 fully saturated rings. The summed E-state index contributed by atoms with van der Waals surface area (Å²) in [5.41, 5.74) is 7.04. The van der Waals surface area contributed by atoms with Crippen molar-refractivity contribution < 1.29 is 9.21 Å². The number of hydrogen-bond acceptors (Lipinski definition) is 3. The van der Waals surface area contributed by atoms with Gasteiger partial charge in [0.2, 0.25) is 5.91 Å². The molecule has 0 bridgehead atoms. The Labute approximate surface area is 127 Å². The van der Waals surface area contributed by atoms with Gasteiger partial charge in [-0.2, -0.15) is 0 Å². The Morgan fingerprint density at radius 1 is 1.38 bits per heavy atom. The van der Waals surface area contributed by atoms with E-state index in [4.69, 9.17) is 10.2 Å². The van der Waals surface area contributed by atoms with E-state index in [9.17, 15) is 4.79 Å². The maximum absolute atomic E-state index is 12.4. The highest BCUT2D eigenvalue weighted by Gasteiger charge is 2.33. The number of nitrogens with one attached hydrogen (secondary N) is 1. The molecule has 1 aromatic heterocycles. The lowest BCUT2D eigenvalue weighted by molar-refractivity contribution is -0.124. The Morgan fingerprint density at radius 2 is 2.05 bits per heavy atom. The zero-order valence-corrected chi connectivity index (χ0v) is 13.5. The number of hydrogen-bond donors (Lipinski definition) is 2. The van der Waals surface area contributed by atoms with Crippen LogP contribution in [0.15, 0.2) is 10.5 Å². The van der Waals surface area contributed by atoms with Gasteiger partial charge in [-0.25, -0.2) is 0 Å². The molecule has 1 aromatic rings. The molecule has 0 spiro atoms. The van der Waals surface area contributed by atoms with Crippen LogP contribution in [-0.4, -0.2) is 12.5 Å². The van der Waals surface area contributed by atoms with Crippen molar-refractivity contribution in [2.45, 2.75) is 65.3 Å². The molecule has 21 heavy (non-hydrogen) atoms. The first-order valence-corrected chi connectivity index (χ1v) is 8.02. The fourth-order valence-corrected chi connectivity index (χ4v) is 3.55. The van der Waals surface area contributed by atoms with E-state index in [-0.39, 0.29) is 17.4 Å². The highest BCUT2D eigenvalue weighted by atomic mass is 16.3. The summed E-state index contributed by atoms with van der Waals surface area (Å²) in [6.45, 7) is 6.48. The molecule has 1 amide bonds. The highest BCUT2D eigenvalue weighted by molar-refractivity contribution is 5.77. The van der Waals surface area contributed by atoms with Gasteiger partial charge in [0.25, 0.3) is 0 Å². The smallest absolute Gasteiger partial charge is 0.221 e. The minimum absolute atomic E-state index is 0.0173. The van der Waals surface area contributed by atoms with Crippen LogP contribution < -0.4 is 11.1 Å². The minimum Gasteiger partial charge on any atom is -0.466 e. The molecule has 3 N–H and O–H groups in total. The second-order valence-electron chi connectivity index (χ2n) is 6.60. The summed E-state index contributed by atoms with van der Waals surface area (Å²) in [7, 11) is 0. The van der Waals surface area contributed by atoms with Gasteiger partial charge in [0.15, 0.2) is 0 Å². The molecule has 1 aliphatic rings. The van der Waals surface area contributed by atoms with Crippen LogP contribution >= 0.6 is 0 Å². The van der Waals surface area contributed by atoms with E-state index >= 15 is 0 Å². The van der Waals surface area contributed by atoms with Crippen molar-refractivity contribution in [3.63, 3.8) is 0 Å². The zero-order chi connectivity index (χ0) is 15.5. The van der Waals surface area contributed by atoms with E-state index < -0.39 is 0 Å². The molecule has 0 radical (unpaired) electrons. The lowest BCUT2D eigenvalue weighted by Crippen LogP contribution is -2.39. The molecule has 1 heterocycles. The normalized spacial score (nSPS) is 19.2. The number of carbonyl (C=O) groups is 1. The minimum atomic E-state index is -0.0200.